The van der Waals surface area contributed by atoms with Crippen molar-refractivity contribution < 1.29 is 4.79 Å². The van der Waals surface area contributed by atoms with Gasteiger partial charge in [0.1, 0.15) is 0 Å². The fourth-order valence-electron chi connectivity index (χ4n) is 2.26. The van der Waals surface area contributed by atoms with Crippen LogP contribution in [-0.4, -0.2) is 30.2 Å². The molecule has 2 rings (SSSR count). The van der Waals surface area contributed by atoms with Crippen molar-refractivity contribution in [3.63, 3.8) is 0 Å². The Morgan fingerprint density at radius 2 is 2.28 bits per heavy atom. The molecule has 1 fully saturated rings. The molecule has 1 aromatic carbocycles. The minimum Gasteiger partial charge on any atom is -0.337 e. The van der Waals surface area contributed by atoms with E-state index in [9.17, 15) is 4.79 Å². The molecule has 4 heteroatoms. The number of hydrogen-bond acceptors (Lipinski definition) is 3. The normalized spacial score (nSPS) is 19.3. The summed E-state index contributed by atoms with van der Waals surface area (Å²) < 4.78 is 0. The van der Waals surface area contributed by atoms with Crippen molar-refractivity contribution in [2.45, 2.75) is 17.7 Å². The minimum absolute atomic E-state index is 0.0101. The van der Waals surface area contributed by atoms with Gasteiger partial charge in [0.25, 0.3) is 5.91 Å². The molecule has 1 heterocycles. The molecule has 0 bridgehead atoms. The van der Waals surface area contributed by atoms with Crippen LogP contribution in [0.2, 0.25) is 0 Å². The quantitative estimate of drug-likeness (QED) is 0.768. The van der Waals surface area contributed by atoms with E-state index in [-0.39, 0.29) is 11.8 Å². The predicted octanol–water partition coefficient (Wildman–Crippen LogP) is 2.78. The Hall–Kier alpha value is -1.47. The zero-order valence-corrected chi connectivity index (χ0v) is 11.2. The molecule has 1 aliphatic heterocycles. The summed E-state index contributed by atoms with van der Waals surface area (Å²) in [5.41, 5.74) is 0.753. The topological polar surface area (TPSA) is 44.1 Å². The molecule has 3 nitrogen and oxygen atoms in total. The Morgan fingerprint density at radius 1 is 1.50 bits per heavy atom. The number of benzene rings is 1. The largest absolute Gasteiger partial charge is 0.337 e. The third-order valence-corrected chi connectivity index (χ3v) is 4.02. The van der Waals surface area contributed by atoms with Gasteiger partial charge < -0.3 is 4.90 Å². The summed E-state index contributed by atoms with van der Waals surface area (Å²) in [7, 11) is 0. The van der Waals surface area contributed by atoms with E-state index in [1.807, 2.05) is 35.4 Å². The van der Waals surface area contributed by atoms with E-state index in [2.05, 4.69) is 6.07 Å². The third-order valence-electron chi connectivity index (χ3n) is 3.23. The van der Waals surface area contributed by atoms with Crippen molar-refractivity contribution in [3.05, 3.63) is 29.8 Å². The first-order valence-corrected chi connectivity index (χ1v) is 7.30. The van der Waals surface area contributed by atoms with Gasteiger partial charge in [-0.15, -0.1) is 11.8 Å². The van der Waals surface area contributed by atoms with Crippen LogP contribution in [0.15, 0.2) is 29.2 Å². The van der Waals surface area contributed by atoms with Gasteiger partial charge in [-0.25, -0.2) is 0 Å². The molecule has 0 N–H and O–H groups in total. The summed E-state index contributed by atoms with van der Waals surface area (Å²) >= 11 is 1.58. The van der Waals surface area contributed by atoms with Crippen LogP contribution in [0.25, 0.3) is 0 Å². The summed E-state index contributed by atoms with van der Waals surface area (Å²) in [6.07, 6.45) is 3.80. The Morgan fingerprint density at radius 3 is 3.00 bits per heavy atom. The monoisotopic (exact) mass is 260 g/mol. The molecular weight excluding hydrogens is 244 g/mol. The highest BCUT2D eigenvalue weighted by Crippen LogP contribution is 2.24. The number of carbonyl (C=O) groups excluding carboxylic acids is 1. The number of nitriles is 1. The van der Waals surface area contributed by atoms with E-state index < -0.39 is 0 Å². The molecule has 18 heavy (non-hydrogen) atoms. The summed E-state index contributed by atoms with van der Waals surface area (Å²) in [5, 5.41) is 8.97. The lowest BCUT2D eigenvalue weighted by atomic mass is 9.99. The standard InChI is InChI=1S/C14H16N2OS/c1-18-13-7-3-2-6-12(13)14(17)16-8-4-5-11(9-15)10-16/h2-3,6-7,11H,4-5,8,10H2,1H3. The molecule has 0 saturated carbocycles. The van der Waals surface area contributed by atoms with E-state index in [1.54, 1.807) is 11.8 Å². The summed E-state index contributed by atoms with van der Waals surface area (Å²) in [6, 6.07) is 9.93. The second-order valence-electron chi connectivity index (χ2n) is 4.42. The maximum Gasteiger partial charge on any atom is 0.255 e. The maximum absolute atomic E-state index is 12.4. The summed E-state index contributed by atoms with van der Waals surface area (Å²) in [5.74, 6) is 0.0454. The van der Waals surface area contributed by atoms with Crippen LogP contribution in [0, 0.1) is 17.2 Å². The minimum atomic E-state index is -0.0101. The van der Waals surface area contributed by atoms with Crippen LogP contribution in [-0.2, 0) is 0 Å². The molecule has 0 spiro atoms. The molecule has 1 atom stereocenters. The van der Waals surface area contributed by atoms with Crippen molar-refractivity contribution in [2.24, 2.45) is 5.92 Å². The van der Waals surface area contributed by atoms with Gasteiger partial charge in [-0.05, 0) is 31.2 Å². The molecule has 1 saturated heterocycles. The number of rotatable bonds is 2. The number of carbonyl (C=O) groups is 1. The average molecular weight is 260 g/mol. The zero-order chi connectivity index (χ0) is 13.0. The first-order chi connectivity index (χ1) is 8.76. The molecule has 1 aromatic rings. The van der Waals surface area contributed by atoms with Gasteiger partial charge in [-0.3, -0.25) is 4.79 Å². The molecule has 0 radical (unpaired) electrons. The SMILES string of the molecule is CSc1ccccc1C(=O)N1CCCC(C#N)C1. The van der Waals surface area contributed by atoms with Gasteiger partial charge in [0.2, 0.25) is 0 Å². The van der Waals surface area contributed by atoms with Gasteiger partial charge in [0.05, 0.1) is 17.6 Å². The zero-order valence-electron chi connectivity index (χ0n) is 10.4. The average Bonchev–Trinajstić information content (AvgIpc) is 2.46. The van der Waals surface area contributed by atoms with Crippen molar-refractivity contribution in [2.75, 3.05) is 19.3 Å². The van der Waals surface area contributed by atoms with Crippen LogP contribution in [0.4, 0.5) is 0 Å². The van der Waals surface area contributed by atoms with Crippen LogP contribution in [0.3, 0.4) is 0 Å². The summed E-state index contributed by atoms with van der Waals surface area (Å²) in [4.78, 5) is 15.3. The highest BCUT2D eigenvalue weighted by molar-refractivity contribution is 7.98. The molecule has 1 aliphatic rings. The first kappa shape index (κ1) is 13.0. The number of hydrogen-bond donors (Lipinski definition) is 0. The van der Waals surface area contributed by atoms with Crippen LogP contribution in [0.1, 0.15) is 23.2 Å². The Labute approximate surface area is 112 Å². The van der Waals surface area contributed by atoms with Gasteiger partial charge in [-0.2, -0.15) is 5.26 Å². The lowest BCUT2D eigenvalue weighted by Crippen LogP contribution is -2.39. The summed E-state index contributed by atoms with van der Waals surface area (Å²) in [6.45, 7) is 1.33. The van der Waals surface area contributed by atoms with E-state index in [1.165, 1.54) is 0 Å². The van der Waals surface area contributed by atoms with Crippen molar-refractivity contribution >= 4 is 17.7 Å². The predicted molar refractivity (Wildman–Crippen MR) is 72.5 cm³/mol. The Kier molecular flexibility index (Phi) is 4.27. The highest BCUT2D eigenvalue weighted by Gasteiger charge is 2.25. The number of amides is 1. The number of thioether (sulfide) groups is 1. The number of piperidine rings is 1. The van der Waals surface area contributed by atoms with Crippen LogP contribution >= 0.6 is 11.8 Å². The number of likely N-dealkylation sites (tertiary alicyclic amines) is 1. The smallest absolute Gasteiger partial charge is 0.255 e. The van der Waals surface area contributed by atoms with Crippen molar-refractivity contribution in [3.8, 4) is 6.07 Å². The van der Waals surface area contributed by atoms with Crippen molar-refractivity contribution in [1.82, 2.24) is 4.90 Å². The van der Waals surface area contributed by atoms with E-state index in [0.29, 0.717) is 6.54 Å². The van der Waals surface area contributed by atoms with E-state index in [4.69, 9.17) is 5.26 Å². The molecular formula is C14H16N2OS. The maximum atomic E-state index is 12.4. The van der Waals surface area contributed by atoms with Gasteiger partial charge in [-0.1, -0.05) is 12.1 Å². The molecule has 1 unspecified atom stereocenters. The lowest BCUT2D eigenvalue weighted by molar-refractivity contribution is 0.0695. The van der Waals surface area contributed by atoms with Crippen LogP contribution < -0.4 is 0 Å². The second-order valence-corrected chi connectivity index (χ2v) is 5.27. The Bertz CT molecular complexity index is 481. The van der Waals surface area contributed by atoms with Crippen LogP contribution in [0.5, 0.6) is 0 Å². The van der Waals surface area contributed by atoms with Crippen molar-refractivity contribution in [1.29, 1.82) is 5.26 Å². The lowest BCUT2D eigenvalue weighted by Gasteiger charge is -2.30. The second kappa shape index (κ2) is 5.92. The van der Waals surface area contributed by atoms with E-state index >= 15 is 0 Å². The fraction of sp³-hybridized carbons (Fsp3) is 0.429. The van der Waals surface area contributed by atoms with Gasteiger partial charge in [0.15, 0.2) is 0 Å². The molecule has 1 amide bonds. The fourth-order valence-corrected chi connectivity index (χ4v) is 2.85. The highest BCUT2D eigenvalue weighted by atomic mass is 32.2. The number of nitrogens with zero attached hydrogens (tertiary/aromatic N) is 2. The molecule has 94 valence electrons. The molecule has 0 aliphatic carbocycles. The van der Waals surface area contributed by atoms with Gasteiger partial charge in [0, 0.05) is 18.0 Å². The third kappa shape index (κ3) is 2.68. The molecule has 0 aromatic heterocycles. The van der Waals surface area contributed by atoms with E-state index in [0.717, 1.165) is 29.8 Å². The Balaban J connectivity index is 2.18. The van der Waals surface area contributed by atoms with Gasteiger partial charge >= 0.3 is 0 Å². The first-order valence-electron chi connectivity index (χ1n) is 6.08.